The molecule has 0 saturated carbocycles. The molecule has 0 atom stereocenters. The Morgan fingerprint density at radius 3 is 1.55 bits per heavy atom. The lowest BCUT2D eigenvalue weighted by atomic mass is 9.95. The Hall–Kier alpha value is -6.58. The summed E-state index contributed by atoms with van der Waals surface area (Å²) in [5, 5.41) is 4.96. The third-order valence-corrected chi connectivity index (χ3v) is 10.00. The lowest BCUT2D eigenvalue weighted by molar-refractivity contribution is 0.834. The largest absolute Gasteiger partial charge is 0.319 e. The van der Waals surface area contributed by atoms with Crippen molar-refractivity contribution >= 4 is 45.0 Å². The fourth-order valence-electron chi connectivity index (χ4n) is 7.18. The smallest absolute Gasteiger partial charge is 0.143 e. The molecule has 0 unspecified atom stereocenters. The van der Waals surface area contributed by atoms with Crippen molar-refractivity contribution in [3.05, 3.63) is 181 Å². The van der Waals surface area contributed by atoms with Gasteiger partial charge in [0.25, 0.3) is 0 Å². The van der Waals surface area contributed by atoms with Crippen molar-refractivity contribution in [2.75, 3.05) is 0 Å². The standard InChI is InChI=1S/C48H35N3/c1-32-11-15-34(16-12-32)36-19-21-40-29-42(25-23-38(40)27-36)43-26-24-39-28-37(20-22-41(39)30-43)35-17-13-33(14-18-35)31-51-47-10-6-5-9-46(47)50-48(51)44-7-3-4-8-45(44)49-2/h3-30H,2,31H2,1H3. The first-order valence-corrected chi connectivity index (χ1v) is 17.4. The van der Waals surface area contributed by atoms with Crippen LogP contribution in [0.4, 0.5) is 5.69 Å². The Bertz CT molecular complexity index is 2730. The molecule has 242 valence electrons. The van der Waals surface area contributed by atoms with Gasteiger partial charge in [-0.1, -0.05) is 127 Å². The van der Waals surface area contributed by atoms with Crippen molar-refractivity contribution in [2.24, 2.45) is 4.99 Å². The second-order valence-electron chi connectivity index (χ2n) is 13.3. The van der Waals surface area contributed by atoms with Gasteiger partial charge in [-0.05, 0) is 123 Å². The topological polar surface area (TPSA) is 30.2 Å². The minimum absolute atomic E-state index is 0.699. The van der Waals surface area contributed by atoms with E-state index in [1.807, 2.05) is 24.3 Å². The predicted molar refractivity (Wildman–Crippen MR) is 216 cm³/mol. The minimum atomic E-state index is 0.699. The summed E-state index contributed by atoms with van der Waals surface area (Å²) in [5.74, 6) is 0.896. The number of hydrogen-bond donors (Lipinski definition) is 0. The van der Waals surface area contributed by atoms with Crippen LogP contribution < -0.4 is 0 Å². The molecule has 3 nitrogen and oxygen atoms in total. The molecule has 51 heavy (non-hydrogen) atoms. The van der Waals surface area contributed by atoms with Gasteiger partial charge in [0, 0.05) is 12.1 Å². The van der Waals surface area contributed by atoms with Crippen LogP contribution in [0.5, 0.6) is 0 Å². The molecule has 3 heteroatoms. The number of nitrogens with zero attached hydrogens (tertiary/aromatic N) is 3. The Balaban J connectivity index is 0.972. The highest BCUT2D eigenvalue weighted by atomic mass is 15.1. The van der Waals surface area contributed by atoms with Gasteiger partial charge in [0.2, 0.25) is 0 Å². The average Bonchev–Trinajstić information content (AvgIpc) is 3.55. The van der Waals surface area contributed by atoms with Crippen LogP contribution in [0.3, 0.4) is 0 Å². The van der Waals surface area contributed by atoms with Gasteiger partial charge in [0.05, 0.1) is 16.7 Å². The summed E-state index contributed by atoms with van der Waals surface area (Å²) in [5.41, 5.74) is 13.7. The predicted octanol–water partition coefficient (Wildman–Crippen LogP) is 12.7. The molecule has 9 rings (SSSR count). The van der Waals surface area contributed by atoms with Crippen LogP contribution in [0.25, 0.3) is 77.3 Å². The maximum Gasteiger partial charge on any atom is 0.143 e. The zero-order valence-corrected chi connectivity index (χ0v) is 28.4. The van der Waals surface area contributed by atoms with E-state index in [9.17, 15) is 0 Å². The van der Waals surface area contributed by atoms with E-state index >= 15 is 0 Å². The van der Waals surface area contributed by atoms with Crippen LogP contribution in [0, 0.1) is 6.92 Å². The Labute approximate surface area is 297 Å². The Kier molecular flexibility index (Phi) is 7.59. The van der Waals surface area contributed by atoms with Gasteiger partial charge in [0.15, 0.2) is 0 Å². The first kappa shape index (κ1) is 30.5. The van der Waals surface area contributed by atoms with Crippen molar-refractivity contribution in [1.82, 2.24) is 9.55 Å². The highest BCUT2D eigenvalue weighted by molar-refractivity contribution is 5.94. The summed E-state index contributed by atoms with van der Waals surface area (Å²) in [7, 11) is 0. The van der Waals surface area contributed by atoms with Crippen LogP contribution >= 0.6 is 0 Å². The molecule has 0 aliphatic rings. The van der Waals surface area contributed by atoms with E-state index < -0.39 is 0 Å². The monoisotopic (exact) mass is 653 g/mol. The minimum Gasteiger partial charge on any atom is -0.319 e. The quantitative estimate of drug-likeness (QED) is 0.157. The van der Waals surface area contributed by atoms with Gasteiger partial charge in [-0.15, -0.1) is 0 Å². The van der Waals surface area contributed by atoms with E-state index in [4.69, 9.17) is 4.98 Å². The van der Waals surface area contributed by atoms with Gasteiger partial charge in [-0.25, -0.2) is 4.98 Å². The molecule has 0 saturated heterocycles. The number of aliphatic imine (C=N–C) groups is 1. The molecular weight excluding hydrogens is 619 g/mol. The normalized spacial score (nSPS) is 11.4. The van der Waals surface area contributed by atoms with E-state index in [1.54, 1.807) is 0 Å². The third kappa shape index (κ3) is 5.79. The van der Waals surface area contributed by atoms with Crippen molar-refractivity contribution in [3.63, 3.8) is 0 Å². The van der Waals surface area contributed by atoms with E-state index in [1.165, 1.54) is 66.1 Å². The van der Waals surface area contributed by atoms with Crippen molar-refractivity contribution in [2.45, 2.75) is 13.5 Å². The molecule has 0 spiro atoms. The number of rotatable bonds is 7. The zero-order valence-electron chi connectivity index (χ0n) is 28.4. The molecule has 9 aromatic rings. The van der Waals surface area contributed by atoms with E-state index in [0.717, 1.165) is 28.1 Å². The number of imidazole rings is 1. The summed E-state index contributed by atoms with van der Waals surface area (Å²) in [6.07, 6.45) is 0. The molecule has 0 fully saturated rings. The lowest BCUT2D eigenvalue weighted by Gasteiger charge is -2.12. The molecule has 0 aliphatic carbocycles. The summed E-state index contributed by atoms with van der Waals surface area (Å²) < 4.78 is 2.28. The van der Waals surface area contributed by atoms with Gasteiger partial charge >= 0.3 is 0 Å². The summed E-state index contributed by atoms with van der Waals surface area (Å²) in [6, 6.07) is 61.1. The van der Waals surface area contributed by atoms with Crippen molar-refractivity contribution in [3.8, 4) is 44.8 Å². The average molecular weight is 654 g/mol. The first-order valence-electron chi connectivity index (χ1n) is 17.4. The molecule has 0 N–H and O–H groups in total. The highest BCUT2D eigenvalue weighted by Gasteiger charge is 2.16. The van der Waals surface area contributed by atoms with E-state index in [2.05, 4.69) is 169 Å². The van der Waals surface area contributed by atoms with Crippen molar-refractivity contribution in [1.29, 1.82) is 0 Å². The molecule has 0 radical (unpaired) electrons. The summed E-state index contributed by atoms with van der Waals surface area (Å²) in [4.78, 5) is 9.28. The maximum absolute atomic E-state index is 5.01. The molecule has 8 aromatic carbocycles. The lowest BCUT2D eigenvalue weighted by Crippen LogP contribution is -2.02. The van der Waals surface area contributed by atoms with Crippen molar-refractivity contribution < 1.29 is 0 Å². The SMILES string of the molecule is C=Nc1ccccc1-c1nc2ccccc2n1Cc1ccc(-c2ccc3cc(-c4ccc5cc(-c6ccc(C)cc6)ccc5c4)ccc3c2)cc1. The van der Waals surface area contributed by atoms with Gasteiger partial charge in [0.1, 0.15) is 5.82 Å². The molecular formula is C48H35N3. The number of aromatic nitrogens is 2. The van der Waals surface area contributed by atoms with Crippen LogP contribution in [0.2, 0.25) is 0 Å². The fraction of sp³-hybridized carbons (Fsp3) is 0.0417. The maximum atomic E-state index is 5.01. The van der Waals surface area contributed by atoms with Gasteiger partial charge in [-0.2, -0.15) is 0 Å². The second kappa shape index (κ2) is 12.7. The summed E-state index contributed by atoms with van der Waals surface area (Å²) >= 11 is 0. The van der Waals surface area contributed by atoms with E-state index in [-0.39, 0.29) is 0 Å². The number of para-hydroxylation sites is 3. The molecule has 0 amide bonds. The Morgan fingerprint density at radius 1 is 0.510 bits per heavy atom. The summed E-state index contributed by atoms with van der Waals surface area (Å²) in [6.45, 7) is 6.62. The van der Waals surface area contributed by atoms with Gasteiger partial charge < -0.3 is 4.57 Å². The van der Waals surface area contributed by atoms with Gasteiger partial charge in [-0.3, -0.25) is 4.99 Å². The van der Waals surface area contributed by atoms with Crippen LogP contribution in [0.1, 0.15) is 11.1 Å². The molecule has 1 heterocycles. The highest BCUT2D eigenvalue weighted by Crippen LogP contribution is 2.34. The Morgan fingerprint density at radius 2 is 0.980 bits per heavy atom. The van der Waals surface area contributed by atoms with Crippen LogP contribution in [0.15, 0.2) is 175 Å². The van der Waals surface area contributed by atoms with E-state index in [0.29, 0.717) is 6.54 Å². The molecule has 0 aliphatic heterocycles. The number of hydrogen-bond acceptors (Lipinski definition) is 2. The first-order chi connectivity index (χ1) is 25.1. The second-order valence-corrected chi connectivity index (χ2v) is 13.3. The van der Waals surface area contributed by atoms with Crippen LogP contribution in [-0.2, 0) is 6.54 Å². The number of benzene rings is 8. The fourth-order valence-corrected chi connectivity index (χ4v) is 7.18. The zero-order chi connectivity index (χ0) is 34.3. The molecule has 0 bridgehead atoms. The third-order valence-electron chi connectivity index (χ3n) is 10.00. The number of fused-ring (bicyclic) bond motifs is 3. The molecule has 1 aromatic heterocycles. The van der Waals surface area contributed by atoms with Crippen LogP contribution in [-0.4, -0.2) is 16.3 Å². The number of aryl methyl sites for hydroxylation is 1.